The summed E-state index contributed by atoms with van der Waals surface area (Å²) in [5, 5.41) is 5.23. The van der Waals surface area contributed by atoms with E-state index in [0.29, 0.717) is 30.9 Å². The molecule has 0 unspecified atom stereocenters. The number of amides is 2. The van der Waals surface area contributed by atoms with E-state index >= 15 is 0 Å². The van der Waals surface area contributed by atoms with E-state index in [4.69, 9.17) is 4.74 Å². The van der Waals surface area contributed by atoms with E-state index in [-0.39, 0.29) is 5.91 Å². The molecule has 4 rings (SSSR count). The SMILES string of the molecule is CCOC(=O)Nc1cccc(C(=O)N2CC[NH+](Cc3cccc4ccccc34)CC2)c1. The number of nitrogens with zero attached hydrogens (tertiary/aromatic N) is 1. The maximum absolute atomic E-state index is 13.0. The molecule has 1 aliphatic rings. The van der Waals surface area contributed by atoms with Crippen LogP contribution < -0.4 is 10.2 Å². The highest BCUT2D eigenvalue weighted by Gasteiger charge is 2.25. The zero-order valence-corrected chi connectivity index (χ0v) is 17.8. The minimum atomic E-state index is -0.516. The van der Waals surface area contributed by atoms with Gasteiger partial charge in [0.2, 0.25) is 0 Å². The Morgan fingerprint density at radius 3 is 2.55 bits per heavy atom. The third-order valence-electron chi connectivity index (χ3n) is 5.71. The summed E-state index contributed by atoms with van der Waals surface area (Å²) in [7, 11) is 0. The molecule has 0 aromatic heterocycles. The lowest BCUT2D eigenvalue weighted by Crippen LogP contribution is -3.13. The van der Waals surface area contributed by atoms with Crippen molar-refractivity contribution in [3.8, 4) is 0 Å². The van der Waals surface area contributed by atoms with Gasteiger partial charge in [0.1, 0.15) is 6.54 Å². The van der Waals surface area contributed by atoms with Gasteiger partial charge in [-0.15, -0.1) is 0 Å². The van der Waals surface area contributed by atoms with E-state index in [1.807, 2.05) is 4.90 Å². The van der Waals surface area contributed by atoms with Crippen LogP contribution in [0.15, 0.2) is 66.7 Å². The molecule has 3 aromatic carbocycles. The van der Waals surface area contributed by atoms with Gasteiger partial charge >= 0.3 is 6.09 Å². The van der Waals surface area contributed by atoms with Crippen molar-refractivity contribution in [3.63, 3.8) is 0 Å². The zero-order valence-electron chi connectivity index (χ0n) is 17.8. The first-order valence-corrected chi connectivity index (χ1v) is 10.8. The van der Waals surface area contributed by atoms with Crippen LogP contribution in [0.1, 0.15) is 22.8 Å². The molecule has 6 nitrogen and oxygen atoms in total. The molecule has 0 aliphatic carbocycles. The number of carbonyl (C=O) groups excluding carboxylic acids is 2. The number of quaternary nitrogens is 1. The summed E-state index contributed by atoms with van der Waals surface area (Å²) in [5.41, 5.74) is 2.49. The highest BCUT2D eigenvalue weighted by atomic mass is 16.5. The van der Waals surface area contributed by atoms with Crippen molar-refractivity contribution in [2.24, 2.45) is 0 Å². The van der Waals surface area contributed by atoms with E-state index in [1.165, 1.54) is 21.2 Å². The molecule has 2 amide bonds. The van der Waals surface area contributed by atoms with E-state index in [9.17, 15) is 9.59 Å². The first kappa shape index (κ1) is 20.9. The fraction of sp³-hybridized carbons (Fsp3) is 0.280. The second-order valence-electron chi connectivity index (χ2n) is 7.78. The van der Waals surface area contributed by atoms with Crippen LogP contribution in [0.25, 0.3) is 10.8 Å². The highest BCUT2D eigenvalue weighted by molar-refractivity contribution is 5.96. The van der Waals surface area contributed by atoms with Gasteiger partial charge in [0, 0.05) is 16.8 Å². The lowest BCUT2D eigenvalue weighted by molar-refractivity contribution is -0.917. The van der Waals surface area contributed by atoms with Crippen LogP contribution in [0.5, 0.6) is 0 Å². The predicted molar refractivity (Wildman–Crippen MR) is 121 cm³/mol. The number of fused-ring (bicyclic) bond motifs is 1. The summed E-state index contributed by atoms with van der Waals surface area (Å²) in [6, 6.07) is 22.0. The summed E-state index contributed by atoms with van der Waals surface area (Å²) in [6.07, 6.45) is -0.516. The van der Waals surface area contributed by atoms with Gasteiger partial charge in [0.25, 0.3) is 5.91 Å². The predicted octanol–water partition coefficient (Wildman–Crippen LogP) is 2.95. The Morgan fingerprint density at radius 2 is 1.74 bits per heavy atom. The molecule has 1 heterocycles. The van der Waals surface area contributed by atoms with Gasteiger partial charge in [0.05, 0.1) is 32.8 Å². The summed E-state index contributed by atoms with van der Waals surface area (Å²) in [6.45, 7) is 6.27. The smallest absolute Gasteiger partial charge is 0.411 e. The van der Waals surface area contributed by atoms with Crippen molar-refractivity contribution in [2.45, 2.75) is 13.5 Å². The summed E-state index contributed by atoms with van der Waals surface area (Å²) < 4.78 is 4.90. The third-order valence-corrected chi connectivity index (χ3v) is 5.71. The standard InChI is InChI=1S/C25H27N3O3/c1-2-31-25(30)26-22-11-6-9-20(17-22)24(29)28-15-13-27(14-16-28)18-21-10-5-8-19-7-3-4-12-23(19)21/h3-12,17H,2,13-16,18H2,1H3,(H,26,30)/p+1. The Labute approximate surface area is 182 Å². The number of hydrogen-bond acceptors (Lipinski definition) is 3. The van der Waals surface area contributed by atoms with Gasteiger partial charge in [-0.3, -0.25) is 10.1 Å². The average Bonchev–Trinajstić information content (AvgIpc) is 2.80. The van der Waals surface area contributed by atoms with Crippen LogP contribution in [0.4, 0.5) is 10.5 Å². The van der Waals surface area contributed by atoms with Crippen molar-refractivity contribution >= 4 is 28.5 Å². The van der Waals surface area contributed by atoms with Crippen molar-refractivity contribution < 1.29 is 19.2 Å². The normalized spacial score (nSPS) is 14.4. The number of carbonyl (C=O) groups is 2. The number of ether oxygens (including phenoxy) is 1. The Hall–Kier alpha value is -3.38. The molecule has 3 aromatic rings. The highest BCUT2D eigenvalue weighted by Crippen LogP contribution is 2.18. The van der Waals surface area contributed by atoms with E-state index in [2.05, 4.69) is 47.8 Å². The minimum absolute atomic E-state index is 0.00304. The molecule has 2 N–H and O–H groups in total. The topological polar surface area (TPSA) is 63.1 Å². The molecule has 1 saturated heterocycles. The molecule has 0 spiro atoms. The number of benzene rings is 3. The number of piperazine rings is 1. The molecule has 1 fully saturated rings. The Balaban J connectivity index is 1.36. The van der Waals surface area contributed by atoms with Crippen LogP contribution in [0.2, 0.25) is 0 Å². The molecular weight excluding hydrogens is 390 g/mol. The fourth-order valence-corrected chi connectivity index (χ4v) is 4.12. The third kappa shape index (κ3) is 5.03. The van der Waals surface area contributed by atoms with Crippen molar-refractivity contribution in [1.29, 1.82) is 0 Å². The molecule has 0 atom stereocenters. The second kappa shape index (κ2) is 9.62. The average molecular weight is 419 g/mol. The molecule has 1 aliphatic heterocycles. The van der Waals surface area contributed by atoms with Crippen LogP contribution in [-0.4, -0.2) is 49.7 Å². The summed E-state index contributed by atoms with van der Waals surface area (Å²) >= 11 is 0. The monoisotopic (exact) mass is 418 g/mol. The minimum Gasteiger partial charge on any atom is -0.450 e. The number of rotatable bonds is 5. The maximum atomic E-state index is 13.0. The van der Waals surface area contributed by atoms with Crippen molar-refractivity contribution in [1.82, 2.24) is 4.90 Å². The zero-order chi connectivity index (χ0) is 21.6. The lowest BCUT2D eigenvalue weighted by atomic mass is 10.0. The number of anilines is 1. The number of nitrogens with one attached hydrogen (secondary N) is 2. The first-order valence-electron chi connectivity index (χ1n) is 10.8. The van der Waals surface area contributed by atoms with Gasteiger partial charge in [-0.1, -0.05) is 48.5 Å². The number of hydrogen-bond donors (Lipinski definition) is 2. The largest absolute Gasteiger partial charge is 0.450 e. The van der Waals surface area contributed by atoms with Gasteiger partial charge in [0.15, 0.2) is 0 Å². The van der Waals surface area contributed by atoms with E-state index < -0.39 is 6.09 Å². The molecular formula is C25H28N3O3+. The summed E-state index contributed by atoms with van der Waals surface area (Å²) in [4.78, 5) is 28.0. The maximum Gasteiger partial charge on any atom is 0.411 e. The van der Waals surface area contributed by atoms with Crippen LogP contribution in [-0.2, 0) is 11.3 Å². The Bertz CT molecular complexity index is 1070. The lowest BCUT2D eigenvalue weighted by Gasteiger charge is -2.32. The van der Waals surface area contributed by atoms with Crippen LogP contribution in [0, 0.1) is 0 Å². The van der Waals surface area contributed by atoms with Crippen molar-refractivity contribution in [3.05, 3.63) is 77.9 Å². The molecule has 6 heteroatoms. The fourth-order valence-electron chi connectivity index (χ4n) is 4.12. The van der Waals surface area contributed by atoms with Gasteiger partial charge in [-0.05, 0) is 35.9 Å². The quantitative estimate of drug-likeness (QED) is 0.670. The van der Waals surface area contributed by atoms with Gasteiger partial charge in [-0.25, -0.2) is 4.79 Å². The van der Waals surface area contributed by atoms with Gasteiger partial charge in [-0.2, -0.15) is 0 Å². The Morgan fingerprint density at radius 1 is 1.00 bits per heavy atom. The molecule has 0 saturated carbocycles. The van der Waals surface area contributed by atoms with Gasteiger partial charge < -0.3 is 14.5 Å². The van der Waals surface area contributed by atoms with Crippen LogP contribution >= 0.6 is 0 Å². The molecule has 31 heavy (non-hydrogen) atoms. The Kier molecular flexibility index (Phi) is 6.48. The molecule has 160 valence electrons. The first-order chi connectivity index (χ1) is 15.1. The molecule has 0 radical (unpaired) electrons. The second-order valence-corrected chi connectivity index (χ2v) is 7.78. The molecule has 0 bridgehead atoms. The van der Waals surface area contributed by atoms with E-state index in [0.717, 1.165) is 19.6 Å². The van der Waals surface area contributed by atoms with Crippen molar-refractivity contribution in [2.75, 3.05) is 38.1 Å². The summed E-state index contributed by atoms with van der Waals surface area (Å²) in [5.74, 6) is -0.00304. The van der Waals surface area contributed by atoms with Crippen LogP contribution in [0.3, 0.4) is 0 Å². The van der Waals surface area contributed by atoms with E-state index in [1.54, 1.807) is 31.2 Å².